The van der Waals surface area contributed by atoms with Gasteiger partial charge in [-0.05, 0) is 31.5 Å². The normalized spacial score (nSPS) is 11.8. The molecule has 0 bridgehead atoms. The molecule has 0 atom stereocenters. The number of anilines is 1. The molecule has 0 fully saturated rings. The molecule has 90 valence electrons. The van der Waals surface area contributed by atoms with Crippen LogP contribution in [-0.4, -0.2) is 10.2 Å². The molecule has 1 heterocycles. The van der Waals surface area contributed by atoms with Gasteiger partial charge in [-0.2, -0.15) is 0 Å². The Bertz CT molecular complexity index is 531. The van der Waals surface area contributed by atoms with Gasteiger partial charge in [-0.25, -0.2) is 8.78 Å². The van der Waals surface area contributed by atoms with Gasteiger partial charge < -0.3 is 5.73 Å². The van der Waals surface area contributed by atoms with E-state index >= 15 is 0 Å². The van der Waals surface area contributed by atoms with Gasteiger partial charge in [0.25, 0.3) is 0 Å². The van der Waals surface area contributed by atoms with Gasteiger partial charge in [-0.1, -0.05) is 11.3 Å². The van der Waals surface area contributed by atoms with Crippen LogP contribution in [0.1, 0.15) is 24.4 Å². The molecule has 2 rings (SSSR count). The van der Waals surface area contributed by atoms with E-state index in [0.717, 1.165) is 6.07 Å². The Kier molecular flexibility index (Phi) is 2.82. The first-order valence-electron chi connectivity index (χ1n) is 4.95. The molecule has 0 aliphatic heterocycles. The number of hydrogen-bond acceptors (Lipinski definition) is 4. The molecule has 0 radical (unpaired) electrons. The Morgan fingerprint density at radius 2 is 1.71 bits per heavy atom. The van der Waals surface area contributed by atoms with Crippen molar-refractivity contribution in [2.45, 2.75) is 19.3 Å². The SMILES string of the molecule is CC(C)(c1cc(F)cc(F)c1)c1nnc(N)s1. The molecule has 6 heteroatoms. The minimum atomic E-state index is -0.627. The minimum absolute atomic E-state index is 0.338. The van der Waals surface area contributed by atoms with Crippen LogP contribution >= 0.6 is 11.3 Å². The maximum atomic E-state index is 13.2. The molecule has 1 aromatic carbocycles. The standard InChI is InChI=1S/C11H11F2N3S/c1-11(2,9-15-16-10(14)17-9)6-3-7(12)5-8(13)4-6/h3-5H,1-2H3,(H2,14,16). The van der Waals surface area contributed by atoms with Gasteiger partial charge in [-0.3, -0.25) is 0 Å². The number of nitrogens with zero attached hydrogens (tertiary/aromatic N) is 2. The molecule has 3 nitrogen and oxygen atoms in total. The summed E-state index contributed by atoms with van der Waals surface area (Å²) in [5.74, 6) is -1.21. The van der Waals surface area contributed by atoms with Gasteiger partial charge in [0, 0.05) is 11.5 Å². The van der Waals surface area contributed by atoms with Crippen LogP contribution in [0, 0.1) is 11.6 Å². The van der Waals surface area contributed by atoms with Gasteiger partial charge in [0.05, 0.1) is 0 Å². The van der Waals surface area contributed by atoms with Crippen LogP contribution in [0.5, 0.6) is 0 Å². The molecule has 1 aromatic heterocycles. The zero-order valence-electron chi connectivity index (χ0n) is 9.37. The second-order valence-electron chi connectivity index (χ2n) is 4.23. The average Bonchev–Trinajstić information content (AvgIpc) is 2.64. The fourth-order valence-electron chi connectivity index (χ4n) is 1.53. The monoisotopic (exact) mass is 255 g/mol. The van der Waals surface area contributed by atoms with Gasteiger partial charge >= 0.3 is 0 Å². The van der Waals surface area contributed by atoms with E-state index in [-0.39, 0.29) is 0 Å². The van der Waals surface area contributed by atoms with E-state index < -0.39 is 17.0 Å². The third kappa shape index (κ3) is 2.26. The van der Waals surface area contributed by atoms with Crippen molar-refractivity contribution in [1.82, 2.24) is 10.2 Å². The maximum absolute atomic E-state index is 13.2. The van der Waals surface area contributed by atoms with Crippen molar-refractivity contribution in [1.29, 1.82) is 0 Å². The first kappa shape index (κ1) is 11.9. The van der Waals surface area contributed by atoms with Gasteiger partial charge in [0.15, 0.2) is 0 Å². The predicted octanol–water partition coefficient (Wildman–Crippen LogP) is 2.72. The van der Waals surface area contributed by atoms with Crippen molar-refractivity contribution in [3.63, 3.8) is 0 Å². The van der Waals surface area contributed by atoms with E-state index in [1.807, 2.05) is 13.8 Å². The van der Waals surface area contributed by atoms with Gasteiger partial charge in [0.1, 0.15) is 16.6 Å². The maximum Gasteiger partial charge on any atom is 0.203 e. The lowest BCUT2D eigenvalue weighted by atomic mass is 9.85. The van der Waals surface area contributed by atoms with E-state index in [2.05, 4.69) is 10.2 Å². The molecular weight excluding hydrogens is 244 g/mol. The van der Waals surface area contributed by atoms with E-state index in [0.29, 0.717) is 15.7 Å². The molecule has 0 saturated heterocycles. The molecule has 2 aromatic rings. The molecule has 0 unspecified atom stereocenters. The van der Waals surface area contributed by atoms with E-state index in [1.54, 1.807) is 0 Å². The number of nitrogen functional groups attached to an aromatic ring is 1. The zero-order chi connectivity index (χ0) is 12.6. The highest BCUT2D eigenvalue weighted by Crippen LogP contribution is 2.34. The number of nitrogens with two attached hydrogens (primary N) is 1. The third-order valence-electron chi connectivity index (χ3n) is 2.56. The molecule has 0 amide bonds. The zero-order valence-corrected chi connectivity index (χ0v) is 10.2. The second-order valence-corrected chi connectivity index (χ2v) is 5.24. The number of benzene rings is 1. The Labute approximate surface area is 101 Å². The molecule has 0 aliphatic rings. The third-order valence-corrected chi connectivity index (χ3v) is 3.64. The Balaban J connectivity index is 2.50. The summed E-state index contributed by atoms with van der Waals surface area (Å²) in [6.07, 6.45) is 0. The Hall–Kier alpha value is -1.56. The van der Waals surface area contributed by atoms with E-state index in [1.165, 1.54) is 23.5 Å². The fraction of sp³-hybridized carbons (Fsp3) is 0.273. The van der Waals surface area contributed by atoms with Crippen molar-refractivity contribution in [3.05, 3.63) is 40.4 Å². The number of hydrogen-bond donors (Lipinski definition) is 1. The van der Waals surface area contributed by atoms with Crippen molar-refractivity contribution in [3.8, 4) is 0 Å². The fourth-order valence-corrected chi connectivity index (χ4v) is 2.26. The van der Waals surface area contributed by atoms with Crippen LogP contribution in [0.3, 0.4) is 0 Å². The first-order chi connectivity index (χ1) is 7.89. The number of aromatic nitrogens is 2. The molecule has 0 saturated carbocycles. The van der Waals surface area contributed by atoms with E-state index in [4.69, 9.17) is 5.73 Å². The van der Waals surface area contributed by atoms with E-state index in [9.17, 15) is 8.78 Å². The van der Waals surface area contributed by atoms with Crippen molar-refractivity contribution >= 4 is 16.5 Å². The molecule has 0 aliphatic carbocycles. The topological polar surface area (TPSA) is 51.8 Å². The summed E-state index contributed by atoms with van der Waals surface area (Å²) < 4.78 is 26.4. The van der Waals surface area contributed by atoms with Crippen molar-refractivity contribution in [2.75, 3.05) is 5.73 Å². The van der Waals surface area contributed by atoms with Crippen molar-refractivity contribution < 1.29 is 8.78 Å². The van der Waals surface area contributed by atoms with Crippen LogP contribution in [0.4, 0.5) is 13.9 Å². The van der Waals surface area contributed by atoms with Crippen LogP contribution < -0.4 is 5.73 Å². The van der Waals surface area contributed by atoms with Crippen LogP contribution in [0.25, 0.3) is 0 Å². The molecular formula is C11H11F2N3S. The highest BCUT2D eigenvalue weighted by atomic mass is 32.1. The lowest BCUT2D eigenvalue weighted by Crippen LogP contribution is -2.19. The summed E-state index contributed by atoms with van der Waals surface area (Å²) in [4.78, 5) is 0. The molecule has 17 heavy (non-hydrogen) atoms. The summed E-state index contributed by atoms with van der Waals surface area (Å²) in [7, 11) is 0. The lowest BCUT2D eigenvalue weighted by molar-refractivity contribution is 0.558. The highest BCUT2D eigenvalue weighted by molar-refractivity contribution is 7.15. The van der Waals surface area contributed by atoms with Crippen molar-refractivity contribution in [2.24, 2.45) is 0 Å². The number of rotatable bonds is 2. The average molecular weight is 255 g/mol. The summed E-state index contributed by atoms with van der Waals surface area (Å²) in [6.45, 7) is 3.64. The smallest absolute Gasteiger partial charge is 0.203 e. The summed E-state index contributed by atoms with van der Waals surface area (Å²) in [5.41, 5.74) is 5.39. The minimum Gasteiger partial charge on any atom is -0.374 e. The first-order valence-corrected chi connectivity index (χ1v) is 5.77. The summed E-state index contributed by atoms with van der Waals surface area (Å²) >= 11 is 1.21. The second kappa shape index (κ2) is 4.03. The predicted molar refractivity (Wildman–Crippen MR) is 62.8 cm³/mol. The summed E-state index contributed by atoms with van der Waals surface area (Å²) in [5, 5.41) is 8.60. The lowest BCUT2D eigenvalue weighted by Gasteiger charge is -2.21. The summed E-state index contributed by atoms with van der Waals surface area (Å²) in [6, 6.07) is 3.43. The van der Waals surface area contributed by atoms with Gasteiger partial charge in [-0.15, -0.1) is 10.2 Å². The van der Waals surface area contributed by atoms with Crippen LogP contribution in [-0.2, 0) is 5.41 Å². The largest absolute Gasteiger partial charge is 0.374 e. The van der Waals surface area contributed by atoms with Crippen LogP contribution in [0.2, 0.25) is 0 Å². The number of halogens is 2. The molecule has 0 spiro atoms. The van der Waals surface area contributed by atoms with Crippen LogP contribution in [0.15, 0.2) is 18.2 Å². The quantitative estimate of drug-likeness (QED) is 0.897. The Morgan fingerprint density at radius 1 is 1.12 bits per heavy atom. The Morgan fingerprint density at radius 3 is 2.18 bits per heavy atom. The molecule has 2 N–H and O–H groups in total. The van der Waals surface area contributed by atoms with Gasteiger partial charge in [0.2, 0.25) is 5.13 Å². The highest BCUT2D eigenvalue weighted by Gasteiger charge is 2.28.